The molecule has 144 valence electrons. The third kappa shape index (κ3) is 3.00. The fourth-order valence-corrected chi connectivity index (χ4v) is 3.07. The molecule has 0 bridgehead atoms. The van der Waals surface area contributed by atoms with Crippen LogP contribution < -0.4 is 27.1 Å². The minimum Gasteiger partial charge on any atom is -0.455 e. The molecule has 4 rings (SSSR count). The third-order valence-electron chi connectivity index (χ3n) is 4.43. The Hall–Kier alpha value is -4.40. The second kappa shape index (κ2) is 6.64. The number of rotatable bonds is 4. The lowest BCUT2D eigenvalue weighted by molar-refractivity contribution is 0.0878. The van der Waals surface area contributed by atoms with E-state index in [-0.39, 0.29) is 28.4 Å². The van der Waals surface area contributed by atoms with Crippen LogP contribution in [0, 0.1) is 0 Å². The molecule has 1 aliphatic heterocycles. The molecule has 5 N–H and O–H groups in total. The highest BCUT2D eigenvalue weighted by molar-refractivity contribution is 6.23. The van der Waals surface area contributed by atoms with E-state index in [1.54, 1.807) is 36.4 Å². The first-order valence-corrected chi connectivity index (χ1v) is 8.45. The summed E-state index contributed by atoms with van der Waals surface area (Å²) in [6, 6.07) is 13.7. The Morgan fingerprint density at radius 3 is 2.34 bits per heavy atom. The summed E-state index contributed by atoms with van der Waals surface area (Å²) in [7, 11) is 0. The molecule has 0 unspecified atom stereocenters. The van der Waals surface area contributed by atoms with Gasteiger partial charge in [0.1, 0.15) is 11.6 Å². The van der Waals surface area contributed by atoms with Crippen LogP contribution in [0.4, 0.5) is 5.82 Å². The summed E-state index contributed by atoms with van der Waals surface area (Å²) < 4.78 is 6.94. The van der Waals surface area contributed by atoms with Gasteiger partial charge in [-0.05, 0) is 36.4 Å². The number of nitrogens with zero attached hydrogens (tertiary/aromatic N) is 1. The summed E-state index contributed by atoms with van der Waals surface area (Å²) in [5, 5.41) is 2.12. The van der Waals surface area contributed by atoms with Crippen LogP contribution in [0.3, 0.4) is 0 Å². The van der Waals surface area contributed by atoms with E-state index in [1.165, 1.54) is 12.1 Å². The van der Waals surface area contributed by atoms with Crippen LogP contribution in [-0.2, 0) is 0 Å². The summed E-state index contributed by atoms with van der Waals surface area (Å²) in [6.45, 7) is 0. The summed E-state index contributed by atoms with van der Waals surface area (Å²) in [5.74, 6) is -1.41. The Balaban J connectivity index is 1.81. The summed E-state index contributed by atoms with van der Waals surface area (Å²) in [4.78, 5) is 47.7. The zero-order valence-electron chi connectivity index (χ0n) is 14.8. The fourth-order valence-electron chi connectivity index (χ4n) is 3.07. The van der Waals surface area contributed by atoms with Crippen molar-refractivity contribution in [3.05, 3.63) is 81.6 Å². The number of primary amides is 1. The molecule has 29 heavy (non-hydrogen) atoms. The molecule has 0 atom stereocenters. The topological polar surface area (TPSA) is 147 Å². The number of hydrogen-bond donors (Lipinski definition) is 3. The Morgan fingerprint density at radius 1 is 0.966 bits per heavy atom. The highest BCUT2D eigenvalue weighted by atomic mass is 16.5. The van der Waals surface area contributed by atoms with Crippen molar-refractivity contribution in [3.63, 3.8) is 0 Å². The number of hydrogen-bond acceptors (Lipinski definition) is 6. The number of nitrogen functional groups attached to an aromatic ring is 1. The van der Waals surface area contributed by atoms with Gasteiger partial charge in [0, 0.05) is 11.6 Å². The predicted octanol–water partition coefficient (Wildman–Crippen LogP) is 1.19. The van der Waals surface area contributed by atoms with Crippen LogP contribution in [0.2, 0.25) is 0 Å². The van der Waals surface area contributed by atoms with E-state index in [0.29, 0.717) is 11.3 Å². The molecular formula is C20H14N4O5. The maximum Gasteiger partial charge on any atom is 0.262 e. The van der Waals surface area contributed by atoms with E-state index in [2.05, 4.69) is 5.32 Å². The molecule has 9 nitrogen and oxygen atoms in total. The molecule has 9 heteroatoms. The number of imide groups is 1. The molecule has 0 fully saturated rings. The van der Waals surface area contributed by atoms with Gasteiger partial charge in [-0.1, -0.05) is 12.1 Å². The largest absolute Gasteiger partial charge is 0.455 e. The first kappa shape index (κ1) is 18.0. The minimum atomic E-state index is -0.670. The van der Waals surface area contributed by atoms with Crippen LogP contribution in [0.1, 0.15) is 31.1 Å². The van der Waals surface area contributed by atoms with Gasteiger partial charge in [-0.3, -0.25) is 29.1 Å². The number of aromatic nitrogens is 1. The molecule has 0 radical (unpaired) electrons. The Morgan fingerprint density at radius 2 is 1.66 bits per heavy atom. The average Bonchev–Trinajstić information content (AvgIpc) is 2.97. The van der Waals surface area contributed by atoms with Gasteiger partial charge in [0.05, 0.1) is 16.8 Å². The van der Waals surface area contributed by atoms with Gasteiger partial charge < -0.3 is 16.2 Å². The van der Waals surface area contributed by atoms with Gasteiger partial charge in [-0.25, -0.2) is 0 Å². The van der Waals surface area contributed by atoms with Crippen molar-refractivity contribution < 1.29 is 19.1 Å². The number of carbonyl (C=O) groups is 3. The van der Waals surface area contributed by atoms with Gasteiger partial charge in [0.2, 0.25) is 5.91 Å². The predicted molar refractivity (Wildman–Crippen MR) is 103 cm³/mol. The molecule has 0 spiro atoms. The number of para-hydroxylation sites is 2. The smallest absolute Gasteiger partial charge is 0.262 e. The molecule has 3 aromatic rings. The minimum absolute atomic E-state index is 0.0600. The van der Waals surface area contributed by atoms with Crippen molar-refractivity contribution in [3.8, 4) is 17.2 Å². The quantitative estimate of drug-likeness (QED) is 0.570. The van der Waals surface area contributed by atoms with Crippen LogP contribution in [-0.4, -0.2) is 22.3 Å². The summed E-state index contributed by atoms with van der Waals surface area (Å²) in [5.41, 5.74) is 11.2. The number of nitrogens with two attached hydrogens (primary N) is 2. The summed E-state index contributed by atoms with van der Waals surface area (Å²) >= 11 is 0. The number of carbonyl (C=O) groups excluding carboxylic acids is 3. The van der Waals surface area contributed by atoms with Crippen molar-refractivity contribution in [1.82, 2.24) is 9.88 Å². The average molecular weight is 390 g/mol. The number of amides is 3. The van der Waals surface area contributed by atoms with Crippen molar-refractivity contribution in [2.75, 3.05) is 5.73 Å². The van der Waals surface area contributed by atoms with Crippen molar-refractivity contribution >= 4 is 23.5 Å². The lowest BCUT2D eigenvalue weighted by Crippen LogP contribution is -2.24. The van der Waals surface area contributed by atoms with E-state index >= 15 is 0 Å². The number of ether oxygens (including phenoxy) is 1. The molecule has 0 aliphatic carbocycles. The zero-order chi connectivity index (χ0) is 20.7. The molecular weight excluding hydrogens is 376 g/mol. The van der Waals surface area contributed by atoms with E-state index < -0.39 is 23.3 Å². The van der Waals surface area contributed by atoms with E-state index in [0.717, 1.165) is 10.6 Å². The molecule has 0 saturated carbocycles. The van der Waals surface area contributed by atoms with Gasteiger partial charge in [-0.2, -0.15) is 0 Å². The lowest BCUT2D eigenvalue weighted by atomic mass is 10.1. The van der Waals surface area contributed by atoms with Crippen LogP contribution in [0.5, 0.6) is 11.5 Å². The number of pyridine rings is 1. The fraction of sp³-hybridized carbons (Fsp3) is 0. The van der Waals surface area contributed by atoms with Crippen molar-refractivity contribution in [1.29, 1.82) is 0 Å². The molecule has 2 heterocycles. The highest BCUT2D eigenvalue weighted by Crippen LogP contribution is 2.31. The molecule has 3 amide bonds. The van der Waals surface area contributed by atoms with Gasteiger partial charge >= 0.3 is 0 Å². The van der Waals surface area contributed by atoms with Gasteiger partial charge in [0.25, 0.3) is 17.4 Å². The lowest BCUT2D eigenvalue weighted by Gasteiger charge is -2.16. The maximum absolute atomic E-state index is 12.7. The molecule has 1 aliphatic rings. The molecule has 2 aromatic carbocycles. The van der Waals surface area contributed by atoms with Crippen LogP contribution >= 0.6 is 0 Å². The monoisotopic (exact) mass is 390 g/mol. The van der Waals surface area contributed by atoms with Crippen molar-refractivity contribution in [2.24, 2.45) is 5.73 Å². The van der Waals surface area contributed by atoms with Gasteiger partial charge in [0.15, 0.2) is 5.75 Å². The third-order valence-corrected chi connectivity index (χ3v) is 4.43. The second-order valence-corrected chi connectivity index (χ2v) is 6.23. The van der Waals surface area contributed by atoms with Crippen LogP contribution in [0.25, 0.3) is 5.69 Å². The zero-order valence-corrected chi connectivity index (χ0v) is 14.8. The first-order chi connectivity index (χ1) is 13.9. The SMILES string of the molecule is NC(=O)c1ccc(Oc2ccccc2-n2c(N)c3c(cc2=O)C(=O)NC3=O)cc1. The number of benzene rings is 2. The van der Waals surface area contributed by atoms with Crippen LogP contribution in [0.15, 0.2) is 59.4 Å². The standard InChI is InChI=1S/C20H14N4O5/c21-17-16-12(19(27)23-20(16)28)9-15(25)24(17)13-3-1-2-4-14(13)29-11-7-5-10(6-8-11)18(22)26/h1-9H,21H2,(H2,22,26)(H,23,27,28). The Kier molecular flexibility index (Phi) is 4.12. The summed E-state index contributed by atoms with van der Waals surface area (Å²) in [6.07, 6.45) is 0. The Labute approximate surface area is 163 Å². The van der Waals surface area contributed by atoms with E-state index in [4.69, 9.17) is 16.2 Å². The second-order valence-electron chi connectivity index (χ2n) is 6.23. The maximum atomic E-state index is 12.7. The van der Waals surface area contributed by atoms with E-state index in [9.17, 15) is 19.2 Å². The first-order valence-electron chi connectivity index (χ1n) is 8.45. The normalized spacial score (nSPS) is 12.4. The van der Waals surface area contributed by atoms with E-state index in [1.807, 2.05) is 0 Å². The van der Waals surface area contributed by atoms with Gasteiger partial charge in [-0.15, -0.1) is 0 Å². The molecule has 1 aromatic heterocycles. The van der Waals surface area contributed by atoms with Crippen molar-refractivity contribution in [2.45, 2.75) is 0 Å². The Bertz CT molecular complexity index is 1240. The number of nitrogens with one attached hydrogen (secondary N) is 1. The number of fused-ring (bicyclic) bond motifs is 1. The molecule has 0 saturated heterocycles. The number of anilines is 1. The highest BCUT2D eigenvalue weighted by Gasteiger charge is 2.32.